The third-order valence-corrected chi connectivity index (χ3v) is 7.10. The summed E-state index contributed by atoms with van der Waals surface area (Å²) in [5.41, 5.74) is 2.36. The number of rotatable bonds is 4. The lowest BCUT2D eigenvalue weighted by Crippen LogP contribution is -2.48. The highest BCUT2D eigenvalue weighted by Crippen LogP contribution is 2.33. The van der Waals surface area contributed by atoms with Gasteiger partial charge in [0.05, 0.1) is 17.0 Å². The molecule has 6 nitrogen and oxygen atoms in total. The van der Waals surface area contributed by atoms with Crippen LogP contribution < -0.4 is 0 Å². The zero-order chi connectivity index (χ0) is 23.9. The zero-order valence-electron chi connectivity index (χ0n) is 18.4. The molecule has 5 rings (SSSR count). The number of aryl methyl sites for hydroxylation is 1. The van der Waals surface area contributed by atoms with Crippen molar-refractivity contribution in [1.29, 1.82) is 0 Å². The van der Waals surface area contributed by atoms with Crippen molar-refractivity contribution in [1.82, 2.24) is 24.2 Å². The number of imidazole rings is 1. The number of aromatic nitrogens is 3. The standard InChI is InChI=1S/C24H22F3N5OS/c1-16-21(34-22(28-16)17-5-7-18(8-6-17)24(25,26)27)23(33)31-12-10-30(11-13-31)14-19-15-32-9-3-2-4-20(32)29-19/h2-9,15H,10-14H2,1H3. The second-order valence-corrected chi connectivity index (χ2v) is 9.27. The van der Waals surface area contributed by atoms with Crippen LogP contribution in [0.5, 0.6) is 0 Å². The van der Waals surface area contributed by atoms with Gasteiger partial charge in [0.1, 0.15) is 15.5 Å². The van der Waals surface area contributed by atoms with E-state index in [0.717, 1.165) is 43.1 Å². The van der Waals surface area contributed by atoms with Crippen LogP contribution in [-0.2, 0) is 12.7 Å². The number of pyridine rings is 1. The minimum absolute atomic E-state index is 0.0828. The molecule has 1 aliphatic rings. The van der Waals surface area contributed by atoms with Crippen LogP contribution in [0.25, 0.3) is 16.2 Å². The van der Waals surface area contributed by atoms with E-state index < -0.39 is 11.7 Å². The highest BCUT2D eigenvalue weighted by Gasteiger charge is 2.30. The number of carbonyl (C=O) groups excluding carboxylic acids is 1. The molecule has 0 atom stereocenters. The number of amides is 1. The fourth-order valence-electron chi connectivity index (χ4n) is 4.07. The molecule has 3 aromatic heterocycles. The number of nitrogens with zero attached hydrogens (tertiary/aromatic N) is 5. The molecule has 1 saturated heterocycles. The van der Waals surface area contributed by atoms with Crippen molar-refractivity contribution < 1.29 is 18.0 Å². The van der Waals surface area contributed by atoms with E-state index in [1.165, 1.54) is 23.5 Å². The third kappa shape index (κ3) is 4.55. The maximum atomic E-state index is 13.1. The molecule has 1 aromatic carbocycles. The van der Waals surface area contributed by atoms with Crippen LogP contribution in [0, 0.1) is 6.92 Å². The number of alkyl halides is 3. The van der Waals surface area contributed by atoms with Crippen molar-refractivity contribution in [2.75, 3.05) is 26.2 Å². The Hall–Kier alpha value is -3.24. The molecule has 4 heterocycles. The van der Waals surface area contributed by atoms with Crippen molar-refractivity contribution in [2.24, 2.45) is 0 Å². The first-order chi connectivity index (χ1) is 16.3. The molecule has 0 unspecified atom stereocenters. The van der Waals surface area contributed by atoms with E-state index in [0.29, 0.717) is 34.2 Å². The molecular weight excluding hydrogens is 463 g/mol. The largest absolute Gasteiger partial charge is 0.416 e. The topological polar surface area (TPSA) is 53.7 Å². The van der Waals surface area contributed by atoms with Crippen LogP contribution in [0.15, 0.2) is 54.9 Å². The van der Waals surface area contributed by atoms with Gasteiger partial charge in [-0.25, -0.2) is 9.97 Å². The molecule has 4 aromatic rings. The van der Waals surface area contributed by atoms with E-state index in [1.54, 1.807) is 6.92 Å². The fraction of sp³-hybridized carbons (Fsp3) is 0.292. The van der Waals surface area contributed by atoms with Crippen LogP contribution in [-0.4, -0.2) is 56.3 Å². The summed E-state index contributed by atoms with van der Waals surface area (Å²) in [5.74, 6) is -0.0828. The molecule has 10 heteroatoms. The number of piperazine rings is 1. The second kappa shape index (κ2) is 8.84. The Bertz CT molecular complexity index is 1290. The van der Waals surface area contributed by atoms with Crippen LogP contribution in [0.4, 0.5) is 13.2 Å². The molecule has 0 aliphatic carbocycles. The van der Waals surface area contributed by atoms with Crippen LogP contribution in [0.3, 0.4) is 0 Å². The number of benzene rings is 1. The normalized spacial score (nSPS) is 15.2. The van der Waals surface area contributed by atoms with E-state index in [1.807, 2.05) is 39.9 Å². The smallest absolute Gasteiger partial charge is 0.335 e. The predicted molar refractivity (Wildman–Crippen MR) is 124 cm³/mol. The monoisotopic (exact) mass is 485 g/mol. The van der Waals surface area contributed by atoms with Gasteiger partial charge in [0.25, 0.3) is 5.91 Å². The van der Waals surface area contributed by atoms with Crippen molar-refractivity contribution >= 4 is 22.9 Å². The number of thiazole rings is 1. The summed E-state index contributed by atoms with van der Waals surface area (Å²) in [5, 5.41) is 0.542. The van der Waals surface area contributed by atoms with E-state index in [2.05, 4.69) is 14.9 Å². The van der Waals surface area contributed by atoms with Gasteiger partial charge in [0.15, 0.2) is 0 Å². The number of hydrogen-bond acceptors (Lipinski definition) is 5. The van der Waals surface area contributed by atoms with Gasteiger partial charge >= 0.3 is 6.18 Å². The van der Waals surface area contributed by atoms with E-state index >= 15 is 0 Å². The first-order valence-corrected chi connectivity index (χ1v) is 11.7. The van der Waals surface area contributed by atoms with Crippen LogP contribution in [0.2, 0.25) is 0 Å². The van der Waals surface area contributed by atoms with Crippen molar-refractivity contribution in [3.05, 3.63) is 76.7 Å². The Morgan fingerprint density at radius 2 is 1.76 bits per heavy atom. The Morgan fingerprint density at radius 3 is 2.44 bits per heavy atom. The molecule has 1 aliphatic heterocycles. The lowest BCUT2D eigenvalue weighted by atomic mass is 10.1. The fourth-order valence-corrected chi connectivity index (χ4v) is 5.10. The summed E-state index contributed by atoms with van der Waals surface area (Å²) in [7, 11) is 0. The minimum Gasteiger partial charge on any atom is -0.335 e. The number of fused-ring (bicyclic) bond motifs is 1. The molecule has 0 bridgehead atoms. The zero-order valence-corrected chi connectivity index (χ0v) is 19.2. The molecule has 1 amide bonds. The average Bonchev–Trinajstić information content (AvgIpc) is 3.41. The Balaban J connectivity index is 1.23. The van der Waals surface area contributed by atoms with Crippen molar-refractivity contribution in [2.45, 2.75) is 19.6 Å². The summed E-state index contributed by atoms with van der Waals surface area (Å²) < 4.78 is 40.5. The second-order valence-electron chi connectivity index (χ2n) is 8.28. The van der Waals surface area contributed by atoms with Gasteiger partial charge in [-0.05, 0) is 31.2 Å². The van der Waals surface area contributed by atoms with Crippen molar-refractivity contribution in [3.8, 4) is 10.6 Å². The summed E-state index contributed by atoms with van der Waals surface area (Å²) in [4.78, 5) is 26.9. The van der Waals surface area contributed by atoms with Crippen molar-refractivity contribution in [3.63, 3.8) is 0 Å². The van der Waals surface area contributed by atoms with Gasteiger partial charge in [0, 0.05) is 50.7 Å². The van der Waals surface area contributed by atoms with Gasteiger partial charge in [0.2, 0.25) is 0 Å². The summed E-state index contributed by atoms with van der Waals surface area (Å²) >= 11 is 1.22. The Morgan fingerprint density at radius 1 is 1.03 bits per heavy atom. The highest BCUT2D eigenvalue weighted by atomic mass is 32.1. The Kier molecular flexibility index (Phi) is 5.86. The summed E-state index contributed by atoms with van der Waals surface area (Å²) in [6.07, 6.45) is -0.388. The predicted octanol–water partition coefficient (Wildman–Crippen LogP) is 4.74. The lowest BCUT2D eigenvalue weighted by Gasteiger charge is -2.34. The quantitative estimate of drug-likeness (QED) is 0.419. The maximum Gasteiger partial charge on any atom is 0.416 e. The number of hydrogen-bond donors (Lipinski definition) is 0. The molecule has 0 radical (unpaired) electrons. The van der Waals surface area contributed by atoms with Gasteiger partial charge in [-0.3, -0.25) is 9.69 Å². The Labute approximate surface area is 198 Å². The molecule has 34 heavy (non-hydrogen) atoms. The molecule has 176 valence electrons. The molecule has 1 fully saturated rings. The number of halogens is 3. The van der Waals surface area contributed by atoms with Gasteiger partial charge in [-0.2, -0.15) is 13.2 Å². The third-order valence-electron chi connectivity index (χ3n) is 5.91. The SMILES string of the molecule is Cc1nc(-c2ccc(C(F)(F)F)cc2)sc1C(=O)N1CCN(Cc2cn3ccccc3n2)CC1. The van der Waals surface area contributed by atoms with Gasteiger partial charge in [-0.1, -0.05) is 18.2 Å². The first kappa shape index (κ1) is 22.5. The molecule has 0 N–H and O–H groups in total. The number of carbonyl (C=O) groups is 1. The maximum absolute atomic E-state index is 13.1. The van der Waals surface area contributed by atoms with E-state index in [-0.39, 0.29) is 5.91 Å². The van der Waals surface area contributed by atoms with E-state index in [9.17, 15) is 18.0 Å². The van der Waals surface area contributed by atoms with Gasteiger partial charge in [-0.15, -0.1) is 11.3 Å². The van der Waals surface area contributed by atoms with Crippen LogP contribution >= 0.6 is 11.3 Å². The van der Waals surface area contributed by atoms with Crippen LogP contribution in [0.1, 0.15) is 26.6 Å². The first-order valence-electron chi connectivity index (χ1n) is 10.9. The molecule has 0 spiro atoms. The summed E-state index contributed by atoms with van der Waals surface area (Å²) in [6, 6.07) is 10.8. The van der Waals surface area contributed by atoms with E-state index in [4.69, 9.17) is 0 Å². The minimum atomic E-state index is -4.38. The van der Waals surface area contributed by atoms with Gasteiger partial charge < -0.3 is 9.30 Å². The summed E-state index contributed by atoms with van der Waals surface area (Å²) in [6.45, 7) is 5.16. The molecular formula is C24H22F3N5OS. The molecule has 0 saturated carbocycles. The average molecular weight is 486 g/mol. The lowest BCUT2D eigenvalue weighted by molar-refractivity contribution is -0.137. The highest BCUT2D eigenvalue weighted by molar-refractivity contribution is 7.17.